The molecule has 1 aromatic carbocycles. The number of furan rings is 1. The number of aryl methyl sites for hydroxylation is 1. The SMILES string of the molecule is Cc1ccc(NC(=O)COC(=O)c2ccc(NC(=O)c3ccco3)s2)c(Cl)c1. The molecule has 3 rings (SSSR count). The summed E-state index contributed by atoms with van der Waals surface area (Å²) in [6.07, 6.45) is 1.39. The normalized spacial score (nSPS) is 10.4. The van der Waals surface area contributed by atoms with Crippen LogP contribution in [-0.2, 0) is 9.53 Å². The number of thiophene rings is 1. The van der Waals surface area contributed by atoms with Crippen molar-refractivity contribution in [2.24, 2.45) is 0 Å². The van der Waals surface area contributed by atoms with Crippen LogP contribution in [0.5, 0.6) is 0 Å². The van der Waals surface area contributed by atoms with Gasteiger partial charge >= 0.3 is 5.97 Å². The zero-order chi connectivity index (χ0) is 20.1. The van der Waals surface area contributed by atoms with Crippen molar-refractivity contribution >= 4 is 51.4 Å². The Morgan fingerprint density at radius 2 is 1.96 bits per heavy atom. The Balaban J connectivity index is 1.51. The third-order valence-corrected chi connectivity index (χ3v) is 4.82. The Bertz CT molecular complexity index is 1010. The molecular weight excluding hydrogens is 404 g/mol. The average Bonchev–Trinajstić information content (AvgIpc) is 3.34. The van der Waals surface area contributed by atoms with Gasteiger partial charge in [-0.05, 0) is 48.9 Å². The van der Waals surface area contributed by atoms with Crippen LogP contribution in [0.2, 0.25) is 5.02 Å². The first-order valence-corrected chi connectivity index (χ1v) is 9.29. The number of hydrogen-bond donors (Lipinski definition) is 2. The van der Waals surface area contributed by atoms with E-state index in [2.05, 4.69) is 10.6 Å². The van der Waals surface area contributed by atoms with E-state index in [1.54, 1.807) is 30.3 Å². The van der Waals surface area contributed by atoms with E-state index in [1.807, 2.05) is 6.92 Å². The molecule has 0 unspecified atom stereocenters. The highest BCUT2D eigenvalue weighted by Crippen LogP contribution is 2.24. The summed E-state index contributed by atoms with van der Waals surface area (Å²) in [6.45, 7) is 1.42. The van der Waals surface area contributed by atoms with Crippen LogP contribution < -0.4 is 10.6 Å². The summed E-state index contributed by atoms with van der Waals surface area (Å²) in [5.41, 5.74) is 1.40. The van der Waals surface area contributed by atoms with Crippen molar-refractivity contribution < 1.29 is 23.5 Å². The fourth-order valence-corrected chi connectivity index (χ4v) is 3.28. The second kappa shape index (κ2) is 8.73. The van der Waals surface area contributed by atoms with Gasteiger partial charge < -0.3 is 19.8 Å². The van der Waals surface area contributed by atoms with Crippen LogP contribution in [0.4, 0.5) is 10.7 Å². The van der Waals surface area contributed by atoms with Gasteiger partial charge in [0.05, 0.1) is 22.0 Å². The first-order chi connectivity index (χ1) is 13.4. The van der Waals surface area contributed by atoms with Gasteiger partial charge in [0.15, 0.2) is 12.4 Å². The zero-order valence-corrected chi connectivity index (χ0v) is 16.2. The zero-order valence-electron chi connectivity index (χ0n) is 14.7. The lowest BCUT2D eigenvalue weighted by molar-refractivity contribution is -0.119. The highest BCUT2D eigenvalue weighted by molar-refractivity contribution is 7.18. The molecule has 0 fully saturated rings. The van der Waals surface area contributed by atoms with Crippen molar-refractivity contribution in [1.82, 2.24) is 0 Å². The van der Waals surface area contributed by atoms with E-state index in [0.29, 0.717) is 15.7 Å². The van der Waals surface area contributed by atoms with Gasteiger partial charge in [0.1, 0.15) is 4.88 Å². The standard InChI is InChI=1S/C19H15ClN2O5S/c1-11-4-5-13(12(20)9-11)21-16(23)10-27-19(25)15-6-7-17(28-15)22-18(24)14-3-2-8-26-14/h2-9H,10H2,1H3,(H,21,23)(H,22,24). The molecule has 0 saturated carbocycles. The molecule has 7 nitrogen and oxygen atoms in total. The highest BCUT2D eigenvalue weighted by atomic mass is 35.5. The number of anilines is 2. The number of amides is 2. The number of carbonyl (C=O) groups is 3. The molecule has 0 bridgehead atoms. The first-order valence-electron chi connectivity index (χ1n) is 8.10. The third-order valence-electron chi connectivity index (χ3n) is 3.52. The van der Waals surface area contributed by atoms with Crippen LogP contribution in [0, 0.1) is 6.92 Å². The van der Waals surface area contributed by atoms with Gasteiger partial charge in [-0.15, -0.1) is 11.3 Å². The molecule has 0 atom stereocenters. The van der Waals surface area contributed by atoms with Crippen LogP contribution in [0.15, 0.2) is 53.1 Å². The molecular formula is C19H15ClN2O5S. The Labute approximate surface area is 169 Å². The molecule has 0 saturated heterocycles. The Hall–Kier alpha value is -3.10. The quantitative estimate of drug-likeness (QED) is 0.580. The predicted molar refractivity (Wildman–Crippen MR) is 106 cm³/mol. The molecule has 2 N–H and O–H groups in total. The topological polar surface area (TPSA) is 97.6 Å². The number of halogens is 1. The van der Waals surface area contributed by atoms with Gasteiger partial charge in [-0.1, -0.05) is 17.7 Å². The average molecular weight is 419 g/mol. The molecule has 0 radical (unpaired) electrons. The molecule has 0 spiro atoms. The van der Waals surface area contributed by atoms with Crippen molar-refractivity contribution in [3.05, 3.63) is 70.0 Å². The summed E-state index contributed by atoms with van der Waals surface area (Å²) in [6, 6.07) is 11.4. The van der Waals surface area contributed by atoms with Crippen LogP contribution in [0.1, 0.15) is 25.8 Å². The molecule has 28 heavy (non-hydrogen) atoms. The molecule has 2 aromatic heterocycles. The van der Waals surface area contributed by atoms with Crippen LogP contribution in [-0.4, -0.2) is 24.4 Å². The van der Waals surface area contributed by atoms with E-state index in [-0.39, 0.29) is 10.6 Å². The molecule has 144 valence electrons. The van der Waals surface area contributed by atoms with Crippen molar-refractivity contribution in [3.63, 3.8) is 0 Å². The number of nitrogens with one attached hydrogen (secondary N) is 2. The molecule has 9 heteroatoms. The van der Waals surface area contributed by atoms with Crippen molar-refractivity contribution in [2.75, 3.05) is 17.2 Å². The van der Waals surface area contributed by atoms with E-state index in [0.717, 1.165) is 16.9 Å². The van der Waals surface area contributed by atoms with Gasteiger partial charge in [0.2, 0.25) is 0 Å². The second-order valence-electron chi connectivity index (χ2n) is 5.70. The summed E-state index contributed by atoms with van der Waals surface area (Å²) >= 11 is 7.08. The Morgan fingerprint density at radius 3 is 2.68 bits per heavy atom. The Morgan fingerprint density at radius 1 is 1.14 bits per heavy atom. The number of rotatable bonds is 6. The number of esters is 1. The fraction of sp³-hybridized carbons (Fsp3) is 0.105. The fourth-order valence-electron chi connectivity index (χ4n) is 2.21. The van der Waals surface area contributed by atoms with Gasteiger partial charge in [0.25, 0.3) is 11.8 Å². The molecule has 0 aliphatic carbocycles. The minimum absolute atomic E-state index is 0.156. The molecule has 2 heterocycles. The van der Waals surface area contributed by atoms with Gasteiger partial charge in [-0.3, -0.25) is 9.59 Å². The van der Waals surface area contributed by atoms with Gasteiger partial charge in [0, 0.05) is 0 Å². The largest absolute Gasteiger partial charge is 0.459 e. The lowest BCUT2D eigenvalue weighted by Gasteiger charge is -2.08. The second-order valence-corrected chi connectivity index (χ2v) is 7.19. The maximum Gasteiger partial charge on any atom is 0.348 e. The minimum atomic E-state index is -0.673. The van der Waals surface area contributed by atoms with E-state index in [1.165, 1.54) is 18.4 Å². The summed E-state index contributed by atoms with van der Waals surface area (Å²) in [5.74, 6) is -1.46. The van der Waals surface area contributed by atoms with Crippen molar-refractivity contribution in [2.45, 2.75) is 6.92 Å². The number of ether oxygens (including phenoxy) is 1. The lowest BCUT2D eigenvalue weighted by Crippen LogP contribution is -2.20. The number of hydrogen-bond acceptors (Lipinski definition) is 6. The minimum Gasteiger partial charge on any atom is -0.459 e. The first kappa shape index (κ1) is 19.7. The maximum absolute atomic E-state index is 12.1. The van der Waals surface area contributed by atoms with Gasteiger partial charge in [-0.25, -0.2) is 4.79 Å². The van der Waals surface area contributed by atoms with E-state index < -0.39 is 24.4 Å². The third kappa shape index (κ3) is 4.99. The maximum atomic E-state index is 12.1. The summed E-state index contributed by atoms with van der Waals surface area (Å²) in [7, 11) is 0. The van der Waals surface area contributed by atoms with Crippen LogP contribution in [0.3, 0.4) is 0 Å². The molecule has 0 aliphatic rings. The summed E-state index contributed by atoms with van der Waals surface area (Å²) < 4.78 is 10.00. The van der Waals surface area contributed by atoms with Crippen molar-refractivity contribution in [3.8, 4) is 0 Å². The lowest BCUT2D eigenvalue weighted by atomic mass is 10.2. The molecule has 2 amide bonds. The number of carbonyl (C=O) groups excluding carboxylic acids is 3. The smallest absolute Gasteiger partial charge is 0.348 e. The summed E-state index contributed by atoms with van der Waals surface area (Å²) in [5, 5.41) is 6.04. The van der Waals surface area contributed by atoms with Crippen LogP contribution >= 0.6 is 22.9 Å². The van der Waals surface area contributed by atoms with Gasteiger partial charge in [-0.2, -0.15) is 0 Å². The monoisotopic (exact) mass is 418 g/mol. The van der Waals surface area contributed by atoms with E-state index in [9.17, 15) is 14.4 Å². The van der Waals surface area contributed by atoms with E-state index >= 15 is 0 Å². The predicted octanol–water partition coefficient (Wildman–Crippen LogP) is 4.35. The van der Waals surface area contributed by atoms with Crippen LogP contribution in [0.25, 0.3) is 0 Å². The highest BCUT2D eigenvalue weighted by Gasteiger charge is 2.16. The Kier molecular flexibility index (Phi) is 6.13. The molecule has 3 aromatic rings. The summed E-state index contributed by atoms with van der Waals surface area (Å²) in [4.78, 5) is 36.2. The number of benzene rings is 1. The molecule has 0 aliphatic heterocycles. The van der Waals surface area contributed by atoms with Crippen molar-refractivity contribution in [1.29, 1.82) is 0 Å². The van der Waals surface area contributed by atoms with E-state index in [4.69, 9.17) is 20.8 Å².